The van der Waals surface area contributed by atoms with Crippen LogP contribution in [-0.4, -0.2) is 29.9 Å². The number of hydrogen-bond donors (Lipinski definition) is 1. The molecule has 92 valence electrons. The molecule has 1 heterocycles. The molecule has 0 spiro atoms. The fourth-order valence-corrected chi connectivity index (χ4v) is 2.42. The first-order valence-corrected chi connectivity index (χ1v) is 6.39. The lowest BCUT2D eigenvalue weighted by atomic mass is 10.2. The van der Waals surface area contributed by atoms with E-state index in [0.717, 1.165) is 31.5 Å². The number of nitrogens with one attached hydrogen (secondary N) is 1. The van der Waals surface area contributed by atoms with E-state index in [2.05, 4.69) is 12.2 Å². The molecule has 1 fully saturated rings. The number of amides is 1. The van der Waals surface area contributed by atoms with Gasteiger partial charge >= 0.3 is 0 Å². The third-order valence-corrected chi connectivity index (χ3v) is 3.39. The molecule has 1 amide bonds. The van der Waals surface area contributed by atoms with Crippen molar-refractivity contribution in [2.45, 2.75) is 32.2 Å². The van der Waals surface area contributed by atoms with Gasteiger partial charge in [0.15, 0.2) is 0 Å². The minimum atomic E-state index is 0.221. The molecule has 1 aliphatic rings. The summed E-state index contributed by atoms with van der Waals surface area (Å²) in [6.45, 7) is 3.48. The van der Waals surface area contributed by atoms with Crippen LogP contribution in [0.15, 0.2) is 30.3 Å². The Morgan fingerprint density at radius 1 is 1.41 bits per heavy atom. The van der Waals surface area contributed by atoms with Crippen molar-refractivity contribution in [2.75, 3.05) is 18.4 Å². The Balaban J connectivity index is 1.85. The lowest BCUT2D eigenvalue weighted by molar-refractivity contribution is -0.130. The summed E-state index contributed by atoms with van der Waals surface area (Å²) in [6.07, 6.45) is 3.38. The number of benzene rings is 1. The highest BCUT2D eigenvalue weighted by Gasteiger charge is 2.26. The molecule has 1 aromatic rings. The highest BCUT2D eigenvalue weighted by atomic mass is 16.2. The minimum absolute atomic E-state index is 0.221. The Morgan fingerprint density at radius 2 is 2.18 bits per heavy atom. The summed E-state index contributed by atoms with van der Waals surface area (Å²) in [5, 5.41) is 3.17. The molecule has 0 radical (unpaired) electrons. The van der Waals surface area contributed by atoms with Crippen molar-refractivity contribution < 1.29 is 4.79 Å². The number of carbonyl (C=O) groups is 1. The van der Waals surface area contributed by atoms with Crippen molar-refractivity contribution in [3.63, 3.8) is 0 Å². The number of nitrogens with zero attached hydrogens (tertiary/aromatic N) is 1. The van der Waals surface area contributed by atoms with E-state index in [9.17, 15) is 4.79 Å². The first-order chi connectivity index (χ1) is 8.31. The maximum Gasteiger partial charge on any atom is 0.242 e. The average molecular weight is 232 g/mol. The lowest BCUT2D eigenvalue weighted by Gasteiger charge is -2.23. The van der Waals surface area contributed by atoms with E-state index in [1.54, 1.807) is 0 Å². The normalized spacial score (nSPS) is 19.4. The Kier molecular flexibility index (Phi) is 4.02. The number of carbonyl (C=O) groups excluding carboxylic acids is 1. The maximum atomic E-state index is 12.1. The number of likely N-dealkylation sites (tertiary alicyclic amines) is 1. The number of hydrogen-bond acceptors (Lipinski definition) is 2. The van der Waals surface area contributed by atoms with Gasteiger partial charge in [-0.1, -0.05) is 25.1 Å². The molecule has 1 unspecified atom stereocenters. The van der Waals surface area contributed by atoms with Crippen LogP contribution in [-0.2, 0) is 4.79 Å². The summed E-state index contributed by atoms with van der Waals surface area (Å²) in [7, 11) is 0. The molecule has 1 atom stereocenters. The van der Waals surface area contributed by atoms with Crippen molar-refractivity contribution in [3.8, 4) is 0 Å². The molecule has 1 N–H and O–H groups in total. The highest BCUT2D eigenvalue weighted by Crippen LogP contribution is 2.19. The monoisotopic (exact) mass is 232 g/mol. The van der Waals surface area contributed by atoms with Crippen LogP contribution >= 0.6 is 0 Å². The standard InChI is InChI=1S/C14H20N2O/c1-2-13-9-6-10-16(13)14(17)11-15-12-7-4-3-5-8-12/h3-5,7-8,13,15H,2,6,9-11H2,1H3. The highest BCUT2D eigenvalue weighted by molar-refractivity contribution is 5.81. The van der Waals surface area contributed by atoms with Gasteiger partial charge in [-0.25, -0.2) is 0 Å². The van der Waals surface area contributed by atoms with Crippen LogP contribution < -0.4 is 5.32 Å². The quantitative estimate of drug-likeness (QED) is 0.865. The van der Waals surface area contributed by atoms with Crippen molar-refractivity contribution in [3.05, 3.63) is 30.3 Å². The Morgan fingerprint density at radius 3 is 2.88 bits per heavy atom. The van der Waals surface area contributed by atoms with E-state index in [1.807, 2.05) is 35.2 Å². The van der Waals surface area contributed by atoms with Crippen molar-refractivity contribution in [2.24, 2.45) is 0 Å². The van der Waals surface area contributed by atoms with Gasteiger partial charge < -0.3 is 10.2 Å². The van der Waals surface area contributed by atoms with Gasteiger partial charge in [0, 0.05) is 18.3 Å². The number of rotatable bonds is 4. The van der Waals surface area contributed by atoms with E-state index in [1.165, 1.54) is 0 Å². The molecule has 0 saturated carbocycles. The van der Waals surface area contributed by atoms with Gasteiger partial charge in [0.2, 0.25) is 5.91 Å². The molecule has 1 saturated heterocycles. The second-order valence-electron chi connectivity index (χ2n) is 4.51. The Hall–Kier alpha value is -1.51. The SMILES string of the molecule is CCC1CCCN1C(=O)CNc1ccccc1. The largest absolute Gasteiger partial charge is 0.376 e. The summed E-state index contributed by atoms with van der Waals surface area (Å²) in [5.41, 5.74) is 1.01. The van der Waals surface area contributed by atoms with Gasteiger partial charge in [0.05, 0.1) is 6.54 Å². The third kappa shape index (κ3) is 2.99. The smallest absolute Gasteiger partial charge is 0.242 e. The van der Waals surface area contributed by atoms with E-state index in [4.69, 9.17) is 0 Å². The topological polar surface area (TPSA) is 32.3 Å². The minimum Gasteiger partial charge on any atom is -0.376 e. The molecular weight excluding hydrogens is 212 g/mol. The first-order valence-electron chi connectivity index (χ1n) is 6.39. The summed E-state index contributed by atoms with van der Waals surface area (Å²) < 4.78 is 0. The van der Waals surface area contributed by atoms with Gasteiger partial charge in [-0.05, 0) is 31.4 Å². The van der Waals surface area contributed by atoms with E-state index in [0.29, 0.717) is 12.6 Å². The van der Waals surface area contributed by atoms with E-state index < -0.39 is 0 Å². The molecule has 3 heteroatoms. The average Bonchev–Trinajstić information content (AvgIpc) is 2.85. The summed E-state index contributed by atoms with van der Waals surface area (Å²) in [5.74, 6) is 0.221. The summed E-state index contributed by atoms with van der Waals surface area (Å²) >= 11 is 0. The van der Waals surface area contributed by atoms with Crippen LogP contribution in [0.2, 0.25) is 0 Å². The zero-order valence-corrected chi connectivity index (χ0v) is 10.4. The Labute approximate surface area is 103 Å². The molecule has 1 aliphatic heterocycles. The molecule has 2 rings (SSSR count). The number of anilines is 1. The van der Waals surface area contributed by atoms with Gasteiger partial charge in [0.25, 0.3) is 0 Å². The molecule has 0 bridgehead atoms. The van der Waals surface area contributed by atoms with Crippen LogP contribution in [0.1, 0.15) is 26.2 Å². The summed E-state index contributed by atoms with van der Waals surface area (Å²) in [4.78, 5) is 14.1. The van der Waals surface area contributed by atoms with Crippen molar-refractivity contribution in [1.29, 1.82) is 0 Å². The second kappa shape index (κ2) is 5.71. The van der Waals surface area contributed by atoms with Crippen LogP contribution in [0.25, 0.3) is 0 Å². The fourth-order valence-electron chi connectivity index (χ4n) is 2.42. The molecule has 3 nitrogen and oxygen atoms in total. The van der Waals surface area contributed by atoms with Crippen molar-refractivity contribution in [1.82, 2.24) is 4.90 Å². The van der Waals surface area contributed by atoms with Gasteiger partial charge in [-0.2, -0.15) is 0 Å². The van der Waals surface area contributed by atoms with Gasteiger partial charge in [-0.15, -0.1) is 0 Å². The lowest BCUT2D eigenvalue weighted by Crippen LogP contribution is -2.38. The predicted octanol–water partition coefficient (Wildman–Crippen LogP) is 2.50. The first kappa shape index (κ1) is 12.0. The van der Waals surface area contributed by atoms with E-state index >= 15 is 0 Å². The second-order valence-corrected chi connectivity index (χ2v) is 4.51. The van der Waals surface area contributed by atoms with Crippen LogP contribution in [0.3, 0.4) is 0 Å². The molecule has 0 aliphatic carbocycles. The predicted molar refractivity (Wildman–Crippen MR) is 70.0 cm³/mol. The van der Waals surface area contributed by atoms with Crippen LogP contribution in [0.4, 0.5) is 5.69 Å². The van der Waals surface area contributed by atoms with Crippen molar-refractivity contribution >= 4 is 11.6 Å². The molecule has 0 aromatic heterocycles. The zero-order chi connectivity index (χ0) is 12.1. The summed E-state index contributed by atoms with van der Waals surface area (Å²) in [6, 6.07) is 10.3. The zero-order valence-electron chi connectivity index (χ0n) is 10.4. The van der Waals surface area contributed by atoms with Crippen LogP contribution in [0, 0.1) is 0 Å². The van der Waals surface area contributed by atoms with Gasteiger partial charge in [-0.3, -0.25) is 4.79 Å². The maximum absolute atomic E-state index is 12.1. The molecular formula is C14H20N2O. The molecule has 17 heavy (non-hydrogen) atoms. The van der Waals surface area contributed by atoms with E-state index in [-0.39, 0.29) is 5.91 Å². The fraction of sp³-hybridized carbons (Fsp3) is 0.500. The van der Waals surface area contributed by atoms with Crippen LogP contribution in [0.5, 0.6) is 0 Å². The molecule has 1 aromatic carbocycles. The van der Waals surface area contributed by atoms with Gasteiger partial charge in [0.1, 0.15) is 0 Å². The third-order valence-electron chi connectivity index (χ3n) is 3.39. The number of para-hydroxylation sites is 1. The Bertz CT molecular complexity index is 364.